The van der Waals surface area contributed by atoms with Crippen LogP contribution in [0, 0.1) is 5.82 Å². The third-order valence-electron chi connectivity index (χ3n) is 4.09. The summed E-state index contributed by atoms with van der Waals surface area (Å²) in [6.45, 7) is 0.468. The van der Waals surface area contributed by atoms with Crippen molar-refractivity contribution in [1.29, 1.82) is 0 Å². The topological polar surface area (TPSA) is 72.5 Å². The van der Waals surface area contributed by atoms with Gasteiger partial charge >= 0.3 is 0 Å². The Labute approximate surface area is 156 Å². The first-order chi connectivity index (χ1) is 12.3. The maximum absolute atomic E-state index is 13.7. The molecule has 1 aliphatic rings. The van der Waals surface area contributed by atoms with Gasteiger partial charge in [-0.25, -0.2) is 12.8 Å². The van der Waals surface area contributed by atoms with E-state index in [-0.39, 0.29) is 17.0 Å². The zero-order valence-corrected chi connectivity index (χ0v) is 15.3. The van der Waals surface area contributed by atoms with E-state index >= 15 is 0 Å². The molecule has 1 N–H and O–H groups in total. The van der Waals surface area contributed by atoms with E-state index in [4.69, 9.17) is 16.3 Å². The van der Waals surface area contributed by atoms with Crippen LogP contribution in [0.2, 0.25) is 5.02 Å². The number of carbonyl (C=O) groups excluding carboxylic acids is 1. The van der Waals surface area contributed by atoms with Crippen molar-refractivity contribution in [3.63, 3.8) is 0 Å². The number of hydrogen-bond donors (Lipinski definition) is 1. The van der Waals surface area contributed by atoms with E-state index in [1.807, 2.05) is 29.0 Å². The Morgan fingerprint density at radius 1 is 1.27 bits per heavy atom. The number of benzene rings is 2. The van der Waals surface area contributed by atoms with E-state index in [0.717, 1.165) is 23.6 Å². The summed E-state index contributed by atoms with van der Waals surface area (Å²) in [6.07, 6.45) is 0.118. The van der Waals surface area contributed by atoms with E-state index in [9.17, 15) is 17.6 Å². The van der Waals surface area contributed by atoms with Gasteiger partial charge in [-0.1, -0.05) is 35.9 Å². The second kappa shape index (κ2) is 7.73. The summed E-state index contributed by atoms with van der Waals surface area (Å²) in [7, 11) is -4.05. The number of nitrogens with one attached hydrogen (secondary N) is 1. The smallest absolute Gasteiger partial charge is 0.239 e. The van der Waals surface area contributed by atoms with Crippen LogP contribution in [0.5, 0.6) is 0 Å². The van der Waals surface area contributed by atoms with Crippen molar-refractivity contribution < 1.29 is 22.3 Å². The lowest BCUT2D eigenvalue weighted by atomic mass is 9.96. The Hall–Kier alpha value is -1.96. The molecule has 1 atom stereocenters. The minimum atomic E-state index is -4.05. The molecule has 1 aliphatic heterocycles. The summed E-state index contributed by atoms with van der Waals surface area (Å²) in [6, 6.07) is 11.2. The summed E-state index contributed by atoms with van der Waals surface area (Å²) < 4.78 is 45.7. The number of carbonyl (C=O) groups is 1. The molecule has 0 aliphatic carbocycles. The highest BCUT2D eigenvalue weighted by atomic mass is 35.5. The summed E-state index contributed by atoms with van der Waals surface area (Å²) in [5.41, 5.74) is 1.87. The fraction of sp³-hybridized carbons (Fsp3) is 0.278. The Morgan fingerprint density at radius 3 is 2.85 bits per heavy atom. The molecular formula is C18H17ClFNO4S. The van der Waals surface area contributed by atoms with E-state index in [1.165, 1.54) is 12.1 Å². The van der Waals surface area contributed by atoms with Crippen molar-refractivity contribution in [1.82, 2.24) is 4.72 Å². The second-order valence-electron chi connectivity index (χ2n) is 6.03. The van der Waals surface area contributed by atoms with Crippen molar-refractivity contribution in [2.75, 3.05) is 6.61 Å². The number of hydrogen-bond acceptors (Lipinski definition) is 4. The first-order valence-electron chi connectivity index (χ1n) is 8.01. The predicted molar refractivity (Wildman–Crippen MR) is 95.6 cm³/mol. The first-order valence-corrected chi connectivity index (χ1v) is 10.0. The molecule has 0 unspecified atom stereocenters. The fourth-order valence-electron chi connectivity index (χ4n) is 2.92. The van der Waals surface area contributed by atoms with Crippen LogP contribution in [-0.2, 0) is 31.7 Å². The predicted octanol–water partition coefficient (Wildman–Crippen LogP) is 3.13. The van der Waals surface area contributed by atoms with Crippen molar-refractivity contribution in [2.45, 2.75) is 24.7 Å². The number of sulfonamides is 1. The maximum Gasteiger partial charge on any atom is 0.239 e. The van der Waals surface area contributed by atoms with E-state index in [1.54, 1.807) is 0 Å². The van der Waals surface area contributed by atoms with Crippen LogP contribution in [0.15, 0.2) is 42.5 Å². The van der Waals surface area contributed by atoms with Gasteiger partial charge in [0.15, 0.2) is 0 Å². The zero-order valence-electron chi connectivity index (χ0n) is 13.7. The summed E-state index contributed by atoms with van der Waals surface area (Å²) in [4.78, 5) is 12.2. The molecule has 0 spiro atoms. The molecule has 3 rings (SSSR count). The van der Waals surface area contributed by atoms with Gasteiger partial charge in [-0.2, -0.15) is 0 Å². The van der Waals surface area contributed by atoms with Crippen molar-refractivity contribution in [3.05, 3.63) is 70.0 Å². The summed E-state index contributed by atoms with van der Waals surface area (Å²) in [5.74, 6) is -2.07. The number of rotatable bonds is 5. The highest BCUT2D eigenvalue weighted by Gasteiger charge is 2.25. The van der Waals surface area contributed by atoms with Crippen molar-refractivity contribution in [3.8, 4) is 0 Å². The van der Waals surface area contributed by atoms with Crippen LogP contribution >= 0.6 is 11.6 Å². The maximum atomic E-state index is 13.7. The number of ether oxygens (including phenoxy) is 1. The second-order valence-corrected chi connectivity index (χ2v) is 8.19. The Bertz CT molecular complexity index is 933. The molecule has 8 heteroatoms. The number of fused-ring (bicyclic) bond motifs is 1. The zero-order chi connectivity index (χ0) is 18.7. The monoisotopic (exact) mass is 397 g/mol. The minimum absolute atomic E-state index is 0.0999. The summed E-state index contributed by atoms with van der Waals surface area (Å²) in [5, 5.41) is 0.218. The highest BCUT2D eigenvalue weighted by molar-refractivity contribution is 7.89. The average Bonchev–Trinajstić information content (AvgIpc) is 2.57. The SMILES string of the molecule is O=C(C[C@@H]1OCCc2ccccc21)NS(=O)(=O)Cc1cc(Cl)ccc1F. The molecule has 0 aromatic heterocycles. The van der Waals surface area contributed by atoms with Gasteiger partial charge < -0.3 is 4.74 Å². The van der Waals surface area contributed by atoms with Gasteiger partial charge in [-0.05, 0) is 35.7 Å². The van der Waals surface area contributed by atoms with Crippen LogP contribution in [0.4, 0.5) is 4.39 Å². The lowest BCUT2D eigenvalue weighted by molar-refractivity contribution is -0.122. The number of halogens is 2. The van der Waals surface area contributed by atoms with E-state index in [0.29, 0.717) is 6.61 Å². The van der Waals surface area contributed by atoms with E-state index in [2.05, 4.69) is 0 Å². The van der Waals surface area contributed by atoms with Gasteiger partial charge in [0.05, 0.1) is 24.9 Å². The van der Waals surface area contributed by atoms with E-state index < -0.39 is 33.6 Å². The molecule has 1 amide bonds. The van der Waals surface area contributed by atoms with Crippen LogP contribution < -0.4 is 4.72 Å². The van der Waals surface area contributed by atoms with Crippen LogP contribution in [0.1, 0.15) is 29.2 Å². The van der Waals surface area contributed by atoms with Gasteiger partial charge in [0.25, 0.3) is 0 Å². The third-order valence-corrected chi connectivity index (χ3v) is 5.55. The van der Waals surface area contributed by atoms with Crippen molar-refractivity contribution >= 4 is 27.5 Å². The molecule has 5 nitrogen and oxygen atoms in total. The quantitative estimate of drug-likeness (QED) is 0.841. The molecule has 0 radical (unpaired) electrons. The fourth-order valence-corrected chi connectivity index (χ4v) is 4.25. The standard InChI is InChI=1S/C18H17ClFNO4S/c19-14-5-6-16(20)13(9-14)11-26(23,24)21-18(22)10-17-15-4-2-1-3-12(15)7-8-25-17/h1-6,9,17H,7-8,10-11H2,(H,21,22)/t17-/m0/s1. The van der Waals surface area contributed by atoms with Gasteiger partial charge in [0, 0.05) is 10.6 Å². The van der Waals surface area contributed by atoms with Gasteiger partial charge in [0.2, 0.25) is 15.9 Å². The summed E-state index contributed by atoms with van der Waals surface area (Å²) >= 11 is 5.76. The van der Waals surface area contributed by atoms with Gasteiger partial charge in [-0.3, -0.25) is 9.52 Å². The van der Waals surface area contributed by atoms with Gasteiger partial charge in [-0.15, -0.1) is 0 Å². The Balaban J connectivity index is 1.67. The molecule has 0 saturated carbocycles. The first kappa shape index (κ1) is 18.8. The lowest BCUT2D eigenvalue weighted by Gasteiger charge is -2.25. The molecule has 26 heavy (non-hydrogen) atoms. The molecule has 0 saturated heterocycles. The minimum Gasteiger partial charge on any atom is -0.373 e. The Morgan fingerprint density at radius 2 is 2.04 bits per heavy atom. The molecular weight excluding hydrogens is 381 g/mol. The van der Waals surface area contributed by atoms with Gasteiger partial charge in [0.1, 0.15) is 5.82 Å². The third kappa shape index (κ3) is 4.60. The molecule has 1 heterocycles. The molecule has 2 aromatic rings. The lowest BCUT2D eigenvalue weighted by Crippen LogP contribution is -2.33. The van der Waals surface area contributed by atoms with Crippen LogP contribution in [0.3, 0.4) is 0 Å². The average molecular weight is 398 g/mol. The van der Waals surface area contributed by atoms with Crippen molar-refractivity contribution in [2.24, 2.45) is 0 Å². The molecule has 138 valence electrons. The highest BCUT2D eigenvalue weighted by Crippen LogP contribution is 2.29. The number of amides is 1. The molecule has 0 fully saturated rings. The van der Waals surface area contributed by atoms with Crippen LogP contribution in [-0.4, -0.2) is 20.9 Å². The van der Waals surface area contributed by atoms with Crippen LogP contribution in [0.25, 0.3) is 0 Å². The molecule has 0 bridgehead atoms. The molecule has 2 aromatic carbocycles. The Kier molecular flexibility index (Phi) is 5.60. The largest absolute Gasteiger partial charge is 0.373 e. The normalized spacial score (nSPS) is 16.8.